The molecule has 0 spiro atoms. The van der Waals surface area contributed by atoms with Crippen LogP contribution in [0, 0.1) is 13.8 Å². The monoisotopic (exact) mass is 204 g/mol. The Morgan fingerprint density at radius 3 is 2.87 bits per heavy atom. The van der Waals surface area contributed by atoms with Crippen LogP contribution in [0.4, 0.5) is 5.82 Å². The van der Waals surface area contributed by atoms with Crippen molar-refractivity contribution in [3.8, 4) is 0 Å². The van der Waals surface area contributed by atoms with Gasteiger partial charge in [0.15, 0.2) is 0 Å². The van der Waals surface area contributed by atoms with E-state index >= 15 is 0 Å². The molecule has 0 fully saturated rings. The minimum Gasteiger partial charge on any atom is -0.363 e. The molecule has 2 aromatic heterocycles. The number of hydrogen-bond acceptors (Lipinski definition) is 5. The third-order valence-electron chi connectivity index (χ3n) is 1.92. The fraction of sp³-hybridized carbons (Fsp3) is 0.300. The lowest BCUT2D eigenvalue weighted by Gasteiger charge is -2.01. The second-order valence-corrected chi connectivity index (χ2v) is 3.40. The van der Waals surface area contributed by atoms with Crippen LogP contribution in [0.15, 0.2) is 22.9 Å². The number of aryl methyl sites for hydroxylation is 2. The quantitative estimate of drug-likeness (QED) is 0.824. The number of nitrogens with zero attached hydrogens (tertiary/aromatic N) is 3. The van der Waals surface area contributed by atoms with E-state index < -0.39 is 0 Å². The fourth-order valence-electron chi connectivity index (χ4n) is 1.23. The first-order valence-corrected chi connectivity index (χ1v) is 4.69. The van der Waals surface area contributed by atoms with Gasteiger partial charge in [0, 0.05) is 6.07 Å². The van der Waals surface area contributed by atoms with E-state index in [1.807, 2.05) is 26.0 Å². The lowest BCUT2D eigenvalue weighted by molar-refractivity contribution is 0.391. The van der Waals surface area contributed by atoms with Gasteiger partial charge in [0.2, 0.25) is 0 Å². The van der Waals surface area contributed by atoms with Crippen LogP contribution in [0.25, 0.3) is 0 Å². The first kappa shape index (κ1) is 9.64. The molecular formula is C10H12N4O. The Labute approximate surface area is 87.5 Å². The summed E-state index contributed by atoms with van der Waals surface area (Å²) in [6.45, 7) is 4.43. The van der Waals surface area contributed by atoms with Gasteiger partial charge < -0.3 is 9.84 Å². The summed E-state index contributed by atoms with van der Waals surface area (Å²) in [6.07, 6.45) is 1.71. The molecule has 15 heavy (non-hydrogen) atoms. The van der Waals surface area contributed by atoms with Crippen molar-refractivity contribution in [3.05, 3.63) is 35.3 Å². The molecule has 2 aromatic rings. The summed E-state index contributed by atoms with van der Waals surface area (Å²) >= 11 is 0. The Bertz CT molecular complexity index is 452. The van der Waals surface area contributed by atoms with Gasteiger partial charge in [-0.2, -0.15) is 5.10 Å². The fourth-order valence-corrected chi connectivity index (χ4v) is 1.23. The lowest BCUT2D eigenvalue weighted by atomic mass is 10.3. The van der Waals surface area contributed by atoms with E-state index in [9.17, 15) is 0 Å². The Morgan fingerprint density at radius 2 is 2.20 bits per heavy atom. The van der Waals surface area contributed by atoms with E-state index in [0.29, 0.717) is 6.54 Å². The zero-order chi connectivity index (χ0) is 10.7. The number of rotatable bonds is 3. The highest BCUT2D eigenvalue weighted by Gasteiger charge is 2.00. The van der Waals surface area contributed by atoms with Gasteiger partial charge in [-0.3, -0.25) is 0 Å². The molecule has 0 aromatic carbocycles. The number of aromatic nitrogens is 3. The zero-order valence-electron chi connectivity index (χ0n) is 8.69. The molecule has 5 heteroatoms. The summed E-state index contributed by atoms with van der Waals surface area (Å²) in [4.78, 5) is 0. The van der Waals surface area contributed by atoms with Gasteiger partial charge in [0.05, 0.1) is 12.7 Å². The first-order chi connectivity index (χ1) is 7.24. The predicted molar refractivity (Wildman–Crippen MR) is 55.3 cm³/mol. The summed E-state index contributed by atoms with van der Waals surface area (Å²) in [7, 11) is 0. The van der Waals surface area contributed by atoms with Crippen LogP contribution in [0.2, 0.25) is 0 Å². The molecule has 0 aliphatic heterocycles. The van der Waals surface area contributed by atoms with Crippen LogP contribution in [-0.4, -0.2) is 15.4 Å². The van der Waals surface area contributed by atoms with E-state index in [-0.39, 0.29) is 0 Å². The molecule has 0 aliphatic rings. The summed E-state index contributed by atoms with van der Waals surface area (Å²) in [6, 6.07) is 3.82. The lowest BCUT2D eigenvalue weighted by Crippen LogP contribution is -2.02. The Kier molecular flexibility index (Phi) is 2.62. The van der Waals surface area contributed by atoms with Gasteiger partial charge in [0.1, 0.15) is 17.3 Å². The van der Waals surface area contributed by atoms with E-state index in [1.54, 1.807) is 6.20 Å². The van der Waals surface area contributed by atoms with Crippen LogP contribution in [0.3, 0.4) is 0 Å². The van der Waals surface area contributed by atoms with Crippen molar-refractivity contribution in [2.24, 2.45) is 0 Å². The highest BCUT2D eigenvalue weighted by atomic mass is 16.5. The molecule has 0 radical (unpaired) electrons. The minimum absolute atomic E-state index is 0.593. The Balaban J connectivity index is 1.99. The molecule has 0 aliphatic carbocycles. The highest BCUT2D eigenvalue weighted by Crippen LogP contribution is 2.07. The van der Waals surface area contributed by atoms with Gasteiger partial charge in [-0.1, -0.05) is 5.16 Å². The van der Waals surface area contributed by atoms with Gasteiger partial charge in [-0.25, -0.2) is 0 Å². The van der Waals surface area contributed by atoms with Crippen LogP contribution >= 0.6 is 0 Å². The van der Waals surface area contributed by atoms with Crippen molar-refractivity contribution in [1.82, 2.24) is 15.4 Å². The molecule has 1 N–H and O–H groups in total. The van der Waals surface area contributed by atoms with Crippen LogP contribution in [-0.2, 0) is 6.54 Å². The van der Waals surface area contributed by atoms with Crippen molar-refractivity contribution in [2.45, 2.75) is 20.4 Å². The number of hydrogen-bond donors (Lipinski definition) is 1. The molecule has 0 saturated carbocycles. The molecule has 2 heterocycles. The second-order valence-electron chi connectivity index (χ2n) is 3.40. The summed E-state index contributed by atoms with van der Waals surface area (Å²) < 4.78 is 4.95. The topological polar surface area (TPSA) is 63.8 Å². The first-order valence-electron chi connectivity index (χ1n) is 4.69. The maximum Gasteiger partial charge on any atom is 0.149 e. The second kappa shape index (κ2) is 4.08. The largest absolute Gasteiger partial charge is 0.363 e. The number of anilines is 1. The Hall–Kier alpha value is -1.91. The van der Waals surface area contributed by atoms with E-state index in [0.717, 1.165) is 22.8 Å². The SMILES string of the molecule is Cc1cnnc(NCc2cc(C)on2)c1. The van der Waals surface area contributed by atoms with Crippen LogP contribution < -0.4 is 5.32 Å². The molecule has 0 amide bonds. The summed E-state index contributed by atoms with van der Waals surface area (Å²) in [5, 5.41) is 14.8. The Morgan fingerprint density at radius 1 is 1.33 bits per heavy atom. The summed E-state index contributed by atoms with van der Waals surface area (Å²) in [5.74, 6) is 1.55. The van der Waals surface area contributed by atoms with Gasteiger partial charge in [-0.15, -0.1) is 5.10 Å². The molecule has 0 atom stereocenters. The molecule has 0 saturated heterocycles. The van der Waals surface area contributed by atoms with Gasteiger partial charge in [0.25, 0.3) is 0 Å². The minimum atomic E-state index is 0.593. The van der Waals surface area contributed by atoms with Crippen molar-refractivity contribution in [2.75, 3.05) is 5.32 Å². The smallest absolute Gasteiger partial charge is 0.149 e. The predicted octanol–water partition coefficient (Wildman–Crippen LogP) is 1.69. The van der Waals surface area contributed by atoms with Crippen molar-refractivity contribution >= 4 is 5.82 Å². The standard InChI is InChI=1S/C10H12N4O/c1-7-3-10(13-12-5-7)11-6-9-4-8(2)15-14-9/h3-5H,6H2,1-2H3,(H,11,13). The van der Waals surface area contributed by atoms with Crippen LogP contribution in [0.1, 0.15) is 17.0 Å². The molecule has 2 rings (SSSR count). The number of nitrogens with one attached hydrogen (secondary N) is 1. The van der Waals surface area contributed by atoms with Gasteiger partial charge in [-0.05, 0) is 25.5 Å². The van der Waals surface area contributed by atoms with E-state index in [2.05, 4.69) is 20.7 Å². The van der Waals surface area contributed by atoms with Crippen LogP contribution in [0.5, 0.6) is 0 Å². The molecule has 0 bridgehead atoms. The third kappa shape index (κ3) is 2.52. The van der Waals surface area contributed by atoms with E-state index in [4.69, 9.17) is 4.52 Å². The summed E-state index contributed by atoms with van der Waals surface area (Å²) in [5.41, 5.74) is 1.93. The molecular weight excluding hydrogens is 192 g/mol. The van der Waals surface area contributed by atoms with Gasteiger partial charge >= 0.3 is 0 Å². The van der Waals surface area contributed by atoms with Crippen molar-refractivity contribution in [3.63, 3.8) is 0 Å². The molecule has 78 valence electrons. The van der Waals surface area contributed by atoms with Crippen molar-refractivity contribution in [1.29, 1.82) is 0 Å². The normalized spacial score (nSPS) is 10.3. The third-order valence-corrected chi connectivity index (χ3v) is 1.92. The molecule has 5 nitrogen and oxygen atoms in total. The van der Waals surface area contributed by atoms with Crippen molar-refractivity contribution < 1.29 is 4.52 Å². The average molecular weight is 204 g/mol. The average Bonchev–Trinajstić information content (AvgIpc) is 2.62. The zero-order valence-corrected chi connectivity index (χ0v) is 8.69. The molecule has 0 unspecified atom stereocenters. The highest BCUT2D eigenvalue weighted by molar-refractivity contribution is 5.35. The maximum absolute atomic E-state index is 4.95. The van der Waals surface area contributed by atoms with E-state index in [1.165, 1.54) is 0 Å². The maximum atomic E-state index is 4.95.